The van der Waals surface area contributed by atoms with E-state index in [1.165, 1.54) is 17.1 Å². The summed E-state index contributed by atoms with van der Waals surface area (Å²) in [4.78, 5) is 26.7. The summed E-state index contributed by atoms with van der Waals surface area (Å²) in [7, 11) is 0. The number of amides is 2. The van der Waals surface area contributed by atoms with Gasteiger partial charge in [0.2, 0.25) is 5.91 Å². The van der Waals surface area contributed by atoms with Crippen LogP contribution in [0.4, 0.5) is 10.5 Å². The highest BCUT2D eigenvalue weighted by molar-refractivity contribution is 6.32. The van der Waals surface area contributed by atoms with Crippen molar-refractivity contribution in [2.45, 2.75) is 25.8 Å². The van der Waals surface area contributed by atoms with Crippen LogP contribution in [0.25, 0.3) is 22.9 Å². The van der Waals surface area contributed by atoms with Gasteiger partial charge in [-0.15, -0.1) is 10.2 Å². The molecular weight excluding hydrogens is 593 g/mol. The number of hydrogen-bond donors (Lipinski definition) is 3. The average Bonchev–Trinajstić information content (AvgIpc) is 3.69. The molecule has 1 unspecified atom stereocenters. The number of carbonyl (C=O) groups is 2. The minimum atomic E-state index is -1.15. The Morgan fingerprint density at radius 2 is 1.95 bits per heavy atom. The topological polar surface area (TPSA) is 151 Å². The van der Waals surface area contributed by atoms with Gasteiger partial charge in [0.05, 0.1) is 17.4 Å². The van der Waals surface area contributed by atoms with E-state index in [-0.39, 0.29) is 11.1 Å². The molecule has 2 aromatic carbocycles. The number of anilines is 1. The number of benzene rings is 2. The molecule has 0 spiro atoms. The number of halogens is 2. The molecule has 12 nitrogen and oxygen atoms in total. The lowest BCUT2D eigenvalue weighted by Gasteiger charge is -2.22. The van der Waals surface area contributed by atoms with Crippen LogP contribution < -0.4 is 10.6 Å². The molecule has 0 aliphatic carbocycles. The quantitative estimate of drug-likeness (QED) is 0.205. The highest BCUT2D eigenvalue weighted by atomic mass is 35.5. The Morgan fingerprint density at radius 3 is 2.65 bits per heavy atom. The zero-order valence-electron chi connectivity index (χ0n) is 23.2. The minimum absolute atomic E-state index is 0.196. The van der Waals surface area contributed by atoms with Gasteiger partial charge >= 0.3 is 6.09 Å². The van der Waals surface area contributed by atoms with Gasteiger partial charge in [-0.1, -0.05) is 42.3 Å². The summed E-state index contributed by atoms with van der Waals surface area (Å²) in [6, 6.07) is 13.4. The number of aromatic nitrogens is 6. The number of carbonyl (C=O) groups excluding carboxylic acids is 1. The second-order valence-corrected chi connectivity index (χ2v) is 10.9. The van der Waals surface area contributed by atoms with Crippen molar-refractivity contribution in [3.05, 3.63) is 82.4 Å². The molecule has 2 amide bonds. The molecule has 222 valence electrons. The first-order valence-corrected chi connectivity index (χ1v) is 14.4. The smallest absolute Gasteiger partial charge is 0.409 e. The van der Waals surface area contributed by atoms with E-state index >= 15 is 0 Å². The van der Waals surface area contributed by atoms with E-state index < -0.39 is 12.1 Å². The van der Waals surface area contributed by atoms with E-state index in [0.717, 1.165) is 31.6 Å². The Hall–Kier alpha value is -4.39. The van der Waals surface area contributed by atoms with Gasteiger partial charge in [-0.2, -0.15) is 9.78 Å². The summed E-state index contributed by atoms with van der Waals surface area (Å²) in [6.45, 7) is 5.05. The van der Waals surface area contributed by atoms with Gasteiger partial charge in [-0.25, -0.2) is 4.79 Å². The Morgan fingerprint density at radius 1 is 1.14 bits per heavy atom. The molecule has 43 heavy (non-hydrogen) atoms. The normalized spacial score (nSPS) is 15.9. The van der Waals surface area contributed by atoms with Gasteiger partial charge in [-0.05, 0) is 90.3 Å². The average molecular weight is 623 g/mol. The van der Waals surface area contributed by atoms with Crippen LogP contribution in [0.1, 0.15) is 37.1 Å². The van der Waals surface area contributed by atoms with E-state index in [2.05, 4.69) is 48.2 Å². The van der Waals surface area contributed by atoms with Crippen molar-refractivity contribution in [2.75, 3.05) is 25.0 Å². The Kier molecular flexibility index (Phi) is 9.60. The first kappa shape index (κ1) is 30.1. The molecule has 4 aromatic rings. The lowest BCUT2D eigenvalue weighted by Crippen LogP contribution is -2.30. The summed E-state index contributed by atoms with van der Waals surface area (Å²) in [5.41, 5.74) is 3.68. The third-order valence-electron chi connectivity index (χ3n) is 7.27. The van der Waals surface area contributed by atoms with E-state index in [1.807, 2.05) is 6.07 Å². The first-order chi connectivity index (χ1) is 20.8. The number of nitrogens with one attached hydrogen (secondary N) is 2. The number of nitrogens with zero attached hydrogens (tertiary/aromatic N) is 7. The van der Waals surface area contributed by atoms with Crippen molar-refractivity contribution in [1.82, 2.24) is 40.6 Å². The highest BCUT2D eigenvalue weighted by Crippen LogP contribution is 2.32. The van der Waals surface area contributed by atoms with Crippen molar-refractivity contribution in [3.63, 3.8) is 0 Å². The molecule has 0 saturated carbocycles. The molecule has 0 radical (unpaired) electrons. The molecule has 1 aliphatic heterocycles. The first-order valence-electron chi connectivity index (χ1n) is 13.7. The summed E-state index contributed by atoms with van der Waals surface area (Å²) >= 11 is 12.7. The predicted molar refractivity (Wildman–Crippen MR) is 163 cm³/mol. The maximum Gasteiger partial charge on any atom is 0.409 e. The van der Waals surface area contributed by atoms with Crippen LogP contribution in [-0.4, -0.2) is 72.0 Å². The van der Waals surface area contributed by atoms with Crippen molar-refractivity contribution in [2.24, 2.45) is 5.92 Å². The molecule has 1 saturated heterocycles. The van der Waals surface area contributed by atoms with Crippen molar-refractivity contribution >= 4 is 47.0 Å². The molecule has 0 bridgehead atoms. The molecule has 3 N–H and O–H groups in total. The number of rotatable bonds is 10. The van der Waals surface area contributed by atoms with E-state index in [0.29, 0.717) is 45.6 Å². The van der Waals surface area contributed by atoms with Gasteiger partial charge in [0.15, 0.2) is 5.15 Å². The van der Waals surface area contributed by atoms with Gasteiger partial charge < -0.3 is 15.3 Å². The molecule has 5 rings (SSSR count). The Labute approximate surface area is 257 Å². The van der Waals surface area contributed by atoms with Gasteiger partial charge in [0, 0.05) is 34.5 Å². The lowest BCUT2D eigenvalue weighted by molar-refractivity contribution is -0.117. The minimum Gasteiger partial charge on any atom is -0.465 e. The zero-order valence-corrected chi connectivity index (χ0v) is 24.7. The summed E-state index contributed by atoms with van der Waals surface area (Å²) in [6.07, 6.45) is 5.10. The Balaban J connectivity index is 1.40. The van der Waals surface area contributed by atoms with Crippen LogP contribution in [0.15, 0.2) is 60.9 Å². The Bertz CT molecular complexity index is 1610. The highest BCUT2D eigenvalue weighted by Gasteiger charge is 2.27. The van der Waals surface area contributed by atoms with Crippen LogP contribution in [-0.2, 0) is 4.79 Å². The van der Waals surface area contributed by atoms with Gasteiger partial charge in [0.1, 0.15) is 6.33 Å². The van der Waals surface area contributed by atoms with E-state index in [9.17, 15) is 9.59 Å². The fourth-order valence-electron chi connectivity index (χ4n) is 5.13. The molecule has 1 aliphatic rings. The van der Waals surface area contributed by atoms with Crippen LogP contribution in [0.2, 0.25) is 10.2 Å². The van der Waals surface area contributed by atoms with E-state index in [4.69, 9.17) is 28.3 Å². The van der Waals surface area contributed by atoms with Crippen LogP contribution >= 0.6 is 23.2 Å². The zero-order chi connectivity index (χ0) is 30.3. The fraction of sp³-hybridized carbons (Fsp3) is 0.276. The largest absolute Gasteiger partial charge is 0.465 e. The predicted octanol–water partition coefficient (Wildman–Crippen LogP) is 5.12. The lowest BCUT2D eigenvalue weighted by atomic mass is 9.95. The van der Waals surface area contributed by atoms with Crippen molar-refractivity contribution in [3.8, 4) is 16.8 Å². The van der Waals surface area contributed by atoms with Crippen LogP contribution in [0.5, 0.6) is 0 Å². The summed E-state index contributed by atoms with van der Waals surface area (Å²) in [5.74, 6) is 0.0382. The third kappa shape index (κ3) is 7.72. The van der Waals surface area contributed by atoms with Crippen molar-refractivity contribution < 1.29 is 14.7 Å². The fourth-order valence-corrected chi connectivity index (χ4v) is 5.51. The molecule has 2 aromatic heterocycles. The maximum atomic E-state index is 13.3. The molecule has 2 atom stereocenters. The molecular formula is C29H29Cl2N9O3. The molecule has 3 heterocycles. The maximum absolute atomic E-state index is 13.3. The van der Waals surface area contributed by atoms with E-state index in [1.54, 1.807) is 48.5 Å². The molecule has 1 fully saturated rings. The number of carboxylic acid groups (broad SMARTS) is 1. The van der Waals surface area contributed by atoms with Crippen LogP contribution in [0.3, 0.4) is 0 Å². The standard InChI is InChI=1S/C29H29Cl2N9O3/c1-2-39-12-11-18(16-39)13-24(25-15-23(28(31)36-35-25)19-3-7-22(8-4-19)33-29(42)43)34-27(41)10-5-20-14-21(30)6-9-26(20)40-17-32-37-38-40/h3-10,14-15,17-18,24,33H,2,11-13,16H2,1H3,(H,34,41)(H,42,43)/t18?,24-/m0/s1. The van der Waals surface area contributed by atoms with Gasteiger partial charge in [0.25, 0.3) is 0 Å². The van der Waals surface area contributed by atoms with Crippen molar-refractivity contribution in [1.29, 1.82) is 0 Å². The number of hydrogen-bond acceptors (Lipinski definition) is 8. The summed E-state index contributed by atoms with van der Waals surface area (Å²) in [5, 5.41) is 35.0. The molecule has 14 heteroatoms. The third-order valence-corrected chi connectivity index (χ3v) is 7.79. The van der Waals surface area contributed by atoms with Gasteiger partial charge in [-0.3, -0.25) is 10.1 Å². The number of likely N-dealkylation sites (tertiary alicyclic amines) is 1. The monoisotopic (exact) mass is 621 g/mol. The second kappa shape index (κ2) is 13.7. The SMILES string of the molecule is CCN1CCC(C[C@H](NC(=O)C=Cc2cc(Cl)ccc2-n2cnnn2)c2cc(-c3ccc(NC(=O)O)cc3)c(Cl)nn2)C1. The second-order valence-electron chi connectivity index (χ2n) is 10.1. The van der Waals surface area contributed by atoms with Crippen LogP contribution in [0, 0.1) is 5.92 Å². The summed E-state index contributed by atoms with van der Waals surface area (Å²) < 4.78 is 1.49. The number of tetrazole rings is 1.